The summed E-state index contributed by atoms with van der Waals surface area (Å²) in [6, 6.07) is 64.9. The van der Waals surface area contributed by atoms with Crippen LogP contribution in [0.5, 0.6) is 0 Å². The van der Waals surface area contributed by atoms with Crippen LogP contribution < -0.4 is 0 Å². The van der Waals surface area contributed by atoms with Crippen LogP contribution in [-0.2, 0) is 0 Å². The fraction of sp³-hybridized carbons (Fsp3) is 0. The van der Waals surface area contributed by atoms with Crippen molar-refractivity contribution in [3.8, 4) is 34.0 Å². The third-order valence-electron chi connectivity index (χ3n) is 11.3. The van der Waals surface area contributed by atoms with E-state index in [1.165, 1.54) is 54.3 Å². The second-order valence-electron chi connectivity index (χ2n) is 14.4. The molecule has 0 amide bonds. The molecule has 0 bridgehead atoms. The highest BCUT2D eigenvalue weighted by Crippen LogP contribution is 2.46. The highest BCUT2D eigenvalue weighted by molar-refractivity contribution is 6.27. The summed E-state index contributed by atoms with van der Waals surface area (Å²) in [5.41, 5.74) is 11.4. The molecule has 4 aromatic heterocycles. The Balaban J connectivity index is 1.23. The first-order valence-electron chi connectivity index (χ1n) is 19.0. The summed E-state index contributed by atoms with van der Waals surface area (Å²) in [4.78, 5) is 15.3. The molecule has 0 aliphatic rings. The van der Waals surface area contributed by atoms with Crippen molar-refractivity contribution in [3.05, 3.63) is 188 Å². The van der Waals surface area contributed by atoms with Crippen molar-refractivity contribution in [1.29, 1.82) is 0 Å². The average molecular weight is 714 g/mol. The van der Waals surface area contributed by atoms with E-state index in [2.05, 4.69) is 161 Å². The van der Waals surface area contributed by atoms with Crippen molar-refractivity contribution in [2.24, 2.45) is 0 Å². The predicted molar refractivity (Wildman–Crippen MR) is 232 cm³/mol. The quantitative estimate of drug-likeness (QED) is 0.182. The smallest absolute Gasteiger partial charge is 0.235 e. The summed E-state index contributed by atoms with van der Waals surface area (Å²) in [6.07, 6.45) is 1.81. The number of para-hydroxylation sites is 3. The molecular formula is C51H31N5. The number of aromatic nitrogens is 5. The summed E-state index contributed by atoms with van der Waals surface area (Å²) >= 11 is 0. The summed E-state index contributed by atoms with van der Waals surface area (Å²) in [7, 11) is 0. The first kappa shape index (κ1) is 30.8. The van der Waals surface area contributed by atoms with Crippen LogP contribution in [0.25, 0.3) is 110 Å². The number of hydrogen-bond acceptors (Lipinski definition) is 3. The van der Waals surface area contributed by atoms with Gasteiger partial charge in [-0.05, 0) is 75.8 Å². The zero-order valence-corrected chi connectivity index (χ0v) is 30.1. The van der Waals surface area contributed by atoms with Crippen LogP contribution in [0.1, 0.15) is 0 Å². The number of nitrogens with zero attached hydrogens (tertiary/aromatic N) is 5. The van der Waals surface area contributed by atoms with E-state index in [1.807, 2.05) is 36.5 Å². The lowest BCUT2D eigenvalue weighted by Crippen LogP contribution is -2.04. The molecule has 0 spiro atoms. The first-order valence-corrected chi connectivity index (χ1v) is 19.0. The Labute approximate surface area is 321 Å². The molecule has 12 rings (SSSR count). The third-order valence-corrected chi connectivity index (χ3v) is 11.3. The van der Waals surface area contributed by atoms with Gasteiger partial charge < -0.3 is 4.57 Å². The lowest BCUT2D eigenvalue weighted by molar-refractivity contribution is 1.01. The van der Waals surface area contributed by atoms with Crippen LogP contribution >= 0.6 is 0 Å². The van der Waals surface area contributed by atoms with Crippen LogP contribution in [0.15, 0.2) is 188 Å². The lowest BCUT2D eigenvalue weighted by atomic mass is 9.90. The Morgan fingerprint density at radius 1 is 0.393 bits per heavy atom. The normalized spacial score (nSPS) is 11.9. The Hall–Kier alpha value is -7.63. The van der Waals surface area contributed by atoms with Gasteiger partial charge in [0.1, 0.15) is 11.2 Å². The molecule has 260 valence electrons. The molecule has 12 aromatic rings. The molecule has 0 saturated carbocycles. The molecule has 0 unspecified atom stereocenters. The molecule has 0 N–H and O–H groups in total. The van der Waals surface area contributed by atoms with Gasteiger partial charge in [-0.15, -0.1) is 0 Å². The van der Waals surface area contributed by atoms with E-state index in [4.69, 9.17) is 15.0 Å². The molecule has 0 radical (unpaired) electrons. The Morgan fingerprint density at radius 2 is 0.982 bits per heavy atom. The van der Waals surface area contributed by atoms with E-state index >= 15 is 0 Å². The highest BCUT2D eigenvalue weighted by atomic mass is 15.2. The van der Waals surface area contributed by atoms with Crippen molar-refractivity contribution >= 4 is 76.2 Å². The van der Waals surface area contributed by atoms with Crippen LogP contribution in [-0.4, -0.2) is 24.1 Å². The number of hydrogen-bond donors (Lipinski definition) is 0. The standard InChI is InChI=1S/C51H31N5/c1-3-16-32(17-4-1)48-49-43(26-15-29-52-49)53-51(54-48)56-45-28-14-12-25-39(45)47-37-23-9-7-20-34(37)41(31-46(47)56)40-30-42-36-22-11-13-27-44(36)55(33-18-5-2-6-19-33)50(42)38-24-10-8-21-35(38)40/h1-31H. The van der Waals surface area contributed by atoms with Crippen molar-refractivity contribution in [1.82, 2.24) is 24.1 Å². The van der Waals surface area contributed by atoms with Gasteiger partial charge in [0.2, 0.25) is 5.95 Å². The molecule has 56 heavy (non-hydrogen) atoms. The molecule has 0 atom stereocenters. The summed E-state index contributed by atoms with van der Waals surface area (Å²) in [6.45, 7) is 0. The van der Waals surface area contributed by atoms with Crippen molar-refractivity contribution in [2.45, 2.75) is 0 Å². The fourth-order valence-electron chi connectivity index (χ4n) is 9.01. The maximum Gasteiger partial charge on any atom is 0.235 e. The largest absolute Gasteiger partial charge is 0.309 e. The second kappa shape index (κ2) is 11.9. The molecular weight excluding hydrogens is 683 g/mol. The van der Waals surface area contributed by atoms with Gasteiger partial charge in [-0.25, -0.2) is 9.97 Å². The molecule has 5 heteroatoms. The van der Waals surface area contributed by atoms with E-state index in [9.17, 15) is 0 Å². The fourth-order valence-corrected chi connectivity index (χ4v) is 9.01. The monoisotopic (exact) mass is 713 g/mol. The van der Waals surface area contributed by atoms with Gasteiger partial charge in [0.15, 0.2) is 0 Å². The van der Waals surface area contributed by atoms with Crippen LogP contribution in [0.2, 0.25) is 0 Å². The van der Waals surface area contributed by atoms with Gasteiger partial charge >= 0.3 is 0 Å². The molecule has 0 aliphatic carbocycles. The van der Waals surface area contributed by atoms with Gasteiger partial charge in [-0.1, -0.05) is 133 Å². The van der Waals surface area contributed by atoms with E-state index in [1.54, 1.807) is 0 Å². The average Bonchev–Trinajstić information content (AvgIpc) is 3.79. The maximum absolute atomic E-state index is 5.34. The first-order chi connectivity index (χ1) is 27.8. The minimum absolute atomic E-state index is 0.614. The third kappa shape index (κ3) is 4.39. The van der Waals surface area contributed by atoms with Gasteiger partial charge in [-0.3, -0.25) is 9.55 Å². The van der Waals surface area contributed by atoms with Gasteiger partial charge in [0.05, 0.1) is 27.6 Å². The minimum Gasteiger partial charge on any atom is -0.309 e. The number of rotatable bonds is 4. The Morgan fingerprint density at radius 3 is 1.75 bits per heavy atom. The van der Waals surface area contributed by atoms with E-state index in [-0.39, 0.29) is 0 Å². The highest BCUT2D eigenvalue weighted by Gasteiger charge is 2.23. The van der Waals surface area contributed by atoms with Gasteiger partial charge in [-0.2, -0.15) is 0 Å². The van der Waals surface area contributed by atoms with Crippen molar-refractivity contribution < 1.29 is 0 Å². The maximum atomic E-state index is 5.34. The molecule has 0 aliphatic heterocycles. The van der Waals surface area contributed by atoms with Crippen molar-refractivity contribution in [2.75, 3.05) is 0 Å². The SMILES string of the molecule is c1ccc(-c2nc(-n3c4ccccc4c4c5ccccc5c(-c5cc6c7ccccc7n(-c7ccccc7)c6c6ccccc56)cc43)nc3cccnc23)cc1. The molecule has 4 heterocycles. The second-order valence-corrected chi connectivity index (χ2v) is 14.4. The zero-order chi connectivity index (χ0) is 36.7. The van der Waals surface area contributed by atoms with E-state index < -0.39 is 0 Å². The van der Waals surface area contributed by atoms with E-state index in [0.717, 1.165) is 50.0 Å². The lowest BCUT2D eigenvalue weighted by Gasteiger charge is -2.16. The molecule has 8 aromatic carbocycles. The Kier molecular flexibility index (Phi) is 6.56. The van der Waals surface area contributed by atoms with Gasteiger partial charge in [0.25, 0.3) is 0 Å². The van der Waals surface area contributed by atoms with Crippen molar-refractivity contribution in [3.63, 3.8) is 0 Å². The van der Waals surface area contributed by atoms with Crippen LogP contribution in [0.4, 0.5) is 0 Å². The van der Waals surface area contributed by atoms with Gasteiger partial charge in [0, 0.05) is 44.4 Å². The molecule has 0 fully saturated rings. The predicted octanol–water partition coefficient (Wildman–Crippen LogP) is 12.9. The van der Waals surface area contributed by atoms with E-state index in [0.29, 0.717) is 5.95 Å². The summed E-state index contributed by atoms with van der Waals surface area (Å²) in [5, 5.41) is 9.60. The Bertz CT molecular complexity index is 3530. The number of fused-ring (bicyclic) bond motifs is 11. The summed E-state index contributed by atoms with van der Waals surface area (Å²) < 4.78 is 4.67. The molecule has 5 nitrogen and oxygen atoms in total. The number of benzene rings is 8. The molecule has 0 saturated heterocycles. The summed E-state index contributed by atoms with van der Waals surface area (Å²) in [5.74, 6) is 0.614. The van der Waals surface area contributed by atoms with Crippen LogP contribution in [0, 0.1) is 0 Å². The topological polar surface area (TPSA) is 48.5 Å². The number of pyridine rings is 1. The zero-order valence-electron chi connectivity index (χ0n) is 30.1. The minimum atomic E-state index is 0.614. The van der Waals surface area contributed by atoms with Crippen LogP contribution in [0.3, 0.4) is 0 Å².